The normalized spacial score (nSPS) is 10.6. The van der Waals surface area contributed by atoms with E-state index in [9.17, 15) is 14.4 Å². The second kappa shape index (κ2) is 11.2. The summed E-state index contributed by atoms with van der Waals surface area (Å²) in [7, 11) is 2.78. The number of hydrogen-bond acceptors (Lipinski definition) is 8. The van der Waals surface area contributed by atoms with Crippen molar-refractivity contribution in [3.8, 4) is 11.5 Å². The van der Waals surface area contributed by atoms with E-state index in [0.29, 0.717) is 23.7 Å². The number of carbonyl (C=O) groups is 3. The summed E-state index contributed by atoms with van der Waals surface area (Å²) >= 11 is 0.959. The van der Waals surface area contributed by atoms with Gasteiger partial charge in [-0.05, 0) is 50.1 Å². The van der Waals surface area contributed by atoms with Gasteiger partial charge in [-0.15, -0.1) is 11.3 Å². The third-order valence-corrected chi connectivity index (χ3v) is 5.34. The van der Waals surface area contributed by atoms with Crippen LogP contribution in [-0.2, 0) is 14.3 Å². The first-order chi connectivity index (χ1) is 14.9. The molecule has 0 aliphatic rings. The number of esters is 2. The van der Waals surface area contributed by atoms with Gasteiger partial charge < -0.3 is 24.3 Å². The molecule has 0 saturated heterocycles. The number of carbonyl (C=O) groups excluding carboxylic acids is 3. The SMILES string of the molecule is CCOC(=O)c1c(NC(=O)/C=C/c2ccc(OCC)c(OC)c2)sc(C(=O)OC)c1C. The highest BCUT2D eigenvalue weighted by atomic mass is 32.1. The van der Waals surface area contributed by atoms with Gasteiger partial charge in [-0.3, -0.25) is 4.79 Å². The molecular formula is C22H25NO7S. The van der Waals surface area contributed by atoms with E-state index in [1.165, 1.54) is 20.3 Å². The molecule has 31 heavy (non-hydrogen) atoms. The van der Waals surface area contributed by atoms with E-state index in [1.54, 1.807) is 38.1 Å². The number of methoxy groups -OCH3 is 2. The summed E-state index contributed by atoms with van der Waals surface area (Å²) in [5.41, 5.74) is 1.25. The Balaban J connectivity index is 2.26. The van der Waals surface area contributed by atoms with E-state index in [1.807, 2.05) is 6.92 Å². The Morgan fingerprint density at radius 1 is 1.06 bits per heavy atom. The van der Waals surface area contributed by atoms with Crippen molar-refractivity contribution in [1.29, 1.82) is 0 Å². The molecule has 1 N–H and O–H groups in total. The first-order valence-electron chi connectivity index (χ1n) is 9.54. The molecule has 8 nitrogen and oxygen atoms in total. The molecule has 0 bridgehead atoms. The molecule has 166 valence electrons. The molecule has 0 fully saturated rings. The lowest BCUT2D eigenvalue weighted by molar-refractivity contribution is -0.111. The zero-order valence-corrected chi connectivity index (χ0v) is 18.9. The smallest absolute Gasteiger partial charge is 0.348 e. The Bertz CT molecular complexity index is 994. The van der Waals surface area contributed by atoms with Crippen LogP contribution in [0, 0.1) is 6.92 Å². The van der Waals surface area contributed by atoms with Crippen LogP contribution in [0.4, 0.5) is 5.00 Å². The molecule has 0 aliphatic heterocycles. The second-order valence-electron chi connectivity index (χ2n) is 6.14. The van der Waals surface area contributed by atoms with Gasteiger partial charge in [-0.25, -0.2) is 9.59 Å². The molecule has 1 heterocycles. The van der Waals surface area contributed by atoms with Crippen molar-refractivity contribution in [1.82, 2.24) is 0 Å². The van der Waals surface area contributed by atoms with Crippen molar-refractivity contribution < 1.29 is 33.3 Å². The van der Waals surface area contributed by atoms with Gasteiger partial charge in [0.25, 0.3) is 0 Å². The Hall–Kier alpha value is -3.33. The van der Waals surface area contributed by atoms with Crippen LogP contribution in [0.15, 0.2) is 24.3 Å². The van der Waals surface area contributed by atoms with Gasteiger partial charge in [0.05, 0.1) is 33.0 Å². The number of hydrogen-bond donors (Lipinski definition) is 1. The van der Waals surface area contributed by atoms with Gasteiger partial charge in [-0.1, -0.05) is 6.07 Å². The van der Waals surface area contributed by atoms with Crippen LogP contribution in [0.5, 0.6) is 11.5 Å². The fourth-order valence-electron chi connectivity index (χ4n) is 2.73. The summed E-state index contributed by atoms with van der Waals surface area (Å²) in [6, 6.07) is 5.28. The van der Waals surface area contributed by atoms with Crippen molar-refractivity contribution in [2.75, 3.05) is 32.8 Å². The highest BCUT2D eigenvalue weighted by Gasteiger charge is 2.26. The van der Waals surface area contributed by atoms with Crippen LogP contribution < -0.4 is 14.8 Å². The molecule has 0 atom stereocenters. The summed E-state index contributed by atoms with van der Waals surface area (Å²) < 4.78 is 20.6. The van der Waals surface area contributed by atoms with Crippen molar-refractivity contribution in [2.24, 2.45) is 0 Å². The summed E-state index contributed by atoms with van der Waals surface area (Å²) in [5, 5.41) is 2.87. The average molecular weight is 448 g/mol. The second-order valence-corrected chi connectivity index (χ2v) is 7.16. The first-order valence-corrected chi connectivity index (χ1v) is 10.4. The molecule has 0 radical (unpaired) electrons. The third kappa shape index (κ3) is 5.85. The first kappa shape index (κ1) is 23.9. The summed E-state index contributed by atoms with van der Waals surface area (Å²) in [6.45, 7) is 5.82. The van der Waals surface area contributed by atoms with Crippen LogP contribution in [-0.4, -0.2) is 45.3 Å². The van der Waals surface area contributed by atoms with E-state index >= 15 is 0 Å². The summed E-state index contributed by atoms with van der Waals surface area (Å²) in [5.74, 6) is -0.538. The van der Waals surface area contributed by atoms with E-state index < -0.39 is 17.8 Å². The van der Waals surface area contributed by atoms with Crippen LogP contribution in [0.25, 0.3) is 6.08 Å². The third-order valence-electron chi connectivity index (χ3n) is 4.15. The Labute approximate surface area is 184 Å². The highest BCUT2D eigenvalue weighted by molar-refractivity contribution is 7.18. The summed E-state index contributed by atoms with van der Waals surface area (Å²) in [6.07, 6.45) is 2.91. The van der Waals surface area contributed by atoms with Crippen LogP contribution in [0.3, 0.4) is 0 Å². The lowest BCUT2D eigenvalue weighted by Crippen LogP contribution is -2.12. The van der Waals surface area contributed by atoms with Crippen LogP contribution in [0.1, 0.15) is 45.0 Å². The van der Waals surface area contributed by atoms with Gasteiger partial charge in [-0.2, -0.15) is 0 Å². The molecule has 0 saturated carbocycles. The standard InChI is InChI=1S/C22H25NO7S/c1-6-29-15-10-8-14(12-16(15)27-4)9-11-17(24)23-20-18(21(25)30-7-2)13(3)19(31-20)22(26)28-5/h8-12H,6-7H2,1-5H3,(H,23,24)/b11-9+. The van der Waals surface area contributed by atoms with Gasteiger partial charge in [0.15, 0.2) is 11.5 Å². The molecule has 1 aromatic carbocycles. The maximum atomic E-state index is 12.5. The fraction of sp³-hybridized carbons (Fsp3) is 0.318. The molecule has 1 aromatic heterocycles. The van der Waals surface area contributed by atoms with E-state index in [0.717, 1.165) is 16.9 Å². The molecule has 2 aromatic rings. The summed E-state index contributed by atoms with van der Waals surface area (Å²) in [4.78, 5) is 37.1. The van der Waals surface area contributed by atoms with E-state index in [-0.39, 0.29) is 22.0 Å². The Morgan fingerprint density at radius 3 is 2.42 bits per heavy atom. The molecule has 0 spiro atoms. The zero-order valence-electron chi connectivity index (χ0n) is 18.1. The van der Waals surface area contributed by atoms with E-state index in [4.69, 9.17) is 18.9 Å². The van der Waals surface area contributed by atoms with Crippen LogP contribution in [0.2, 0.25) is 0 Å². The van der Waals surface area contributed by atoms with Crippen LogP contribution >= 0.6 is 11.3 Å². The van der Waals surface area contributed by atoms with Gasteiger partial charge >= 0.3 is 11.9 Å². The number of ether oxygens (including phenoxy) is 4. The molecule has 2 rings (SSSR count). The lowest BCUT2D eigenvalue weighted by Gasteiger charge is -2.09. The monoisotopic (exact) mass is 447 g/mol. The number of nitrogens with one attached hydrogen (secondary N) is 1. The Morgan fingerprint density at radius 2 is 1.81 bits per heavy atom. The number of anilines is 1. The number of thiophene rings is 1. The predicted octanol–water partition coefficient (Wildman–Crippen LogP) is 4.08. The Kier molecular flexibility index (Phi) is 8.63. The zero-order chi connectivity index (χ0) is 23.0. The minimum absolute atomic E-state index is 0.136. The molecule has 9 heteroatoms. The quantitative estimate of drug-likeness (QED) is 0.457. The highest BCUT2D eigenvalue weighted by Crippen LogP contribution is 2.34. The fourth-order valence-corrected chi connectivity index (χ4v) is 3.84. The molecule has 0 aliphatic carbocycles. The van der Waals surface area contributed by atoms with Crippen molar-refractivity contribution in [2.45, 2.75) is 20.8 Å². The predicted molar refractivity (Wildman–Crippen MR) is 118 cm³/mol. The van der Waals surface area contributed by atoms with Gasteiger partial charge in [0, 0.05) is 6.08 Å². The molecular weight excluding hydrogens is 422 g/mol. The maximum Gasteiger partial charge on any atom is 0.348 e. The van der Waals surface area contributed by atoms with Crippen molar-refractivity contribution in [3.63, 3.8) is 0 Å². The van der Waals surface area contributed by atoms with Crippen molar-refractivity contribution in [3.05, 3.63) is 45.8 Å². The van der Waals surface area contributed by atoms with Gasteiger partial charge in [0.1, 0.15) is 9.88 Å². The van der Waals surface area contributed by atoms with Crippen molar-refractivity contribution >= 4 is 40.3 Å². The number of rotatable bonds is 9. The molecule has 0 unspecified atom stereocenters. The van der Waals surface area contributed by atoms with E-state index in [2.05, 4.69) is 5.32 Å². The average Bonchev–Trinajstić information content (AvgIpc) is 3.08. The lowest BCUT2D eigenvalue weighted by atomic mass is 10.1. The topological polar surface area (TPSA) is 100 Å². The largest absolute Gasteiger partial charge is 0.493 e. The molecule has 1 amide bonds. The minimum atomic E-state index is -0.623. The number of amides is 1. The number of benzene rings is 1. The van der Waals surface area contributed by atoms with Gasteiger partial charge in [0.2, 0.25) is 5.91 Å². The minimum Gasteiger partial charge on any atom is -0.493 e. The maximum absolute atomic E-state index is 12.5.